The molecule has 0 spiro atoms. The summed E-state index contributed by atoms with van der Waals surface area (Å²) in [5, 5.41) is 0. The van der Waals surface area contributed by atoms with Crippen LogP contribution < -0.4 is 11.5 Å². The lowest BCUT2D eigenvalue weighted by Gasteiger charge is -2.10. The minimum Gasteiger partial charge on any atom is -0.399 e. The van der Waals surface area contributed by atoms with Crippen molar-refractivity contribution in [2.24, 2.45) is 0 Å². The van der Waals surface area contributed by atoms with Crippen molar-refractivity contribution >= 4 is 11.4 Å². The van der Waals surface area contributed by atoms with Crippen molar-refractivity contribution in [1.29, 1.82) is 0 Å². The Hall–Kier alpha value is -3.52. The molecule has 4 rings (SSSR count). The fraction of sp³-hybridized carbons (Fsp3) is 0.415. The second-order valence-corrected chi connectivity index (χ2v) is 12.4. The SMILES string of the molecule is CCc1cc(N)ccc1Cc1ccc(CCCCCCCCCCCc2ccc(Cc3ccc(N)cc3CC)cc2)cc1. The fourth-order valence-electron chi connectivity index (χ4n) is 6.28. The summed E-state index contributed by atoms with van der Waals surface area (Å²) in [6.07, 6.45) is 18.6. The molecule has 0 saturated carbocycles. The van der Waals surface area contributed by atoms with Crippen molar-refractivity contribution in [3.05, 3.63) is 129 Å². The molecular weight excluding hydrogens is 520 g/mol. The molecule has 0 aliphatic heterocycles. The summed E-state index contributed by atoms with van der Waals surface area (Å²) in [6, 6.07) is 31.2. The molecule has 0 heterocycles. The van der Waals surface area contributed by atoms with Gasteiger partial charge in [0.05, 0.1) is 0 Å². The van der Waals surface area contributed by atoms with Gasteiger partial charge in [0.2, 0.25) is 0 Å². The average molecular weight is 575 g/mol. The van der Waals surface area contributed by atoms with Crippen LogP contribution in [-0.2, 0) is 38.5 Å². The van der Waals surface area contributed by atoms with Crippen LogP contribution >= 0.6 is 0 Å². The van der Waals surface area contributed by atoms with Gasteiger partial charge in [0.25, 0.3) is 0 Å². The number of nitrogen functional groups attached to an aromatic ring is 2. The maximum absolute atomic E-state index is 5.97. The van der Waals surface area contributed by atoms with E-state index in [1.54, 1.807) is 0 Å². The molecule has 4 aromatic carbocycles. The Bertz CT molecular complexity index is 1260. The Balaban J connectivity index is 1.01. The molecular formula is C41H54N2. The maximum atomic E-state index is 5.97. The largest absolute Gasteiger partial charge is 0.399 e. The molecule has 4 aromatic rings. The van der Waals surface area contributed by atoms with E-state index < -0.39 is 0 Å². The molecule has 0 aliphatic carbocycles. The normalized spacial score (nSPS) is 11.2. The third kappa shape index (κ3) is 10.9. The van der Waals surface area contributed by atoms with Gasteiger partial charge in [-0.3, -0.25) is 0 Å². The second kappa shape index (κ2) is 17.6. The quantitative estimate of drug-likeness (QED) is 0.0917. The van der Waals surface area contributed by atoms with Crippen molar-refractivity contribution in [2.45, 2.75) is 110 Å². The predicted octanol–water partition coefficient (Wildman–Crippen LogP) is 10.5. The van der Waals surface area contributed by atoms with Gasteiger partial charge in [0.15, 0.2) is 0 Å². The second-order valence-electron chi connectivity index (χ2n) is 12.4. The Kier molecular flexibility index (Phi) is 13.2. The molecule has 2 nitrogen and oxygen atoms in total. The molecule has 228 valence electrons. The number of benzene rings is 4. The minimum absolute atomic E-state index is 0.862. The van der Waals surface area contributed by atoms with E-state index in [1.807, 2.05) is 12.1 Å². The number of aryl methyl sites for hydroxylation is 4. The number of nitrogens with two attached hydrogens (primary N) is 2. The summed E-state index contributed by atoms with van der Waals surface area (Å²) >= 11 is 0. The highest BCUT2D eigenvalue weighted by atomic mass is 14.5. The summed E-state index contributed by atoms with van der Waals surface area (Å²) in [7, 11) is 0. The first kappa shape index (κ1) is 32.4. The van der Waals surface area contributed by atoms with Crippen LogP contribution in [0.3, 0.4) is 0 Å². The van der Waals surface area contributed by atoms with Gasteiger partial charge in [-0.1, -0.05) is 119 Å². The summed E-state index contributed by atoms with van der Waals surface area (Å²) in [5.41, 5.74) is 24.9. The highest BCUT2D eigenvalue weighted by Gasteiger charge is 2.05. The summed E-state index contributed by atoms with van der Waals surface area (Å²) < 4.78 is 0. The first-order valence-electron chi connectivity index (χ1n) is 16.9. The van der Waals surface area contributed by atoms with E-state index in [0.717, 1.165) is 37.1 Å². The van der Waals surface area contributed by atoms with Crippen molar-refractivity contribution in [2.75, 3.05) is 11.5 Å². The van der Waals surface area contributed by atoms with Crippen molar-refractivity contribution in [3.8, 4) is 0 Å². The van der Waals surface area contributed by atoms with Crippen LogP contribution in [0.25, 0.3) is 0 Å². The maximum Gasteiger partial charge on any atom is 0.0316 e. The molecule has 0 unspecified atom stereocenters. The molecule has 0 aromatic heterocycles. The molecule has 0 radical (unpaired) electrons. The van der Waals surface area contributed by atoms with E-state index in [2.05, 4.69) is 86.6 Å². The molecule has 0 fully saturated rings. The Morgan fingerprint density at radius 3 is 1.05 bits per heavy atom. The number of hydrogen-bond donors (Lipinski definition) is 2. The zero-order valence-corrected chi connectivity index (χ0v) is 26.8. The standard InChI is InChI=1S/C41H54N2/c1-3-36-30-40(42)26-24-38(36)28-34-20-16-32(17-21-34)14-12-10-8-6-5-7-9-11-13-15-33-18-22-35(23-19-33)29-39-25-27-41(43)31-37(39)4-2/h16-27,30-31H,3-15,28-29,42-43H2,1-2H3. The Morgan fingerprint density at radius 1 is 0.372 bits per heavy atom. The first-order chi connectivity index (χ1) is 21.0. The van der Waals surface area contributed by atoms with Gasteiger partial charge in [-0.25, -0.2) is 0 Å². The van der Waals surface area contributed by atoms with E-state index in [9.17, 15) is 0 Å². The summed E-state index contributed by atoms with van der Waals surface area (Å²) in [4.78, 5) is 0. The van der Waals surface area contributed by atoms with Crippen molar-refractivity contribution < 1.29 is 0 Å². The van der Waals surface area contributed by atoms with Gasteiger partial charge in [-0.15, -0.1) is 0 Å². The van der Waals surface area contributed by atoms with Crippen LogP contribution in [0.1, 0.15) is 116 Å². The van der Waals surface area contributed by atoms with Crippen LogP contribution in [0.5, 0.6) is 0 Å². The van der Waals surface area contributed by atoms with Gasteiger partial charge in [-0.2, -0.15) is 0 Å². The highest BCUT2D eigenvalue weighted by molar-refractivity contribution is 5.47. The first-order valence-corrected chi connectivity index (χ1v) is 16.9. The fourth-order valence-corrected chi connectivity index (χ4v) is 6.28. The third-order valence-electron chi connectivity index (χ3n) is 8.99. The van der Waals surface area contributed by atoms with Gasteiger partial charge < -0.3 is 11.5 Å². The van der Waals surface area contributed by atoms with E-state index in [4.69, 9.17) is 11.5 Å². The lowest BCUT2D eigenvalue weighted by atomic mass is 9.96. The highest BCUT2D eigenvalue weighted by Crippen LogP contribution is 2.21. The molecule has 0 amide bonds. The van der Waals surface area contributed by atoms with E-state index in [0.29, 0.717) is 0 Å². The summed E-state index contributed by atoms with van der Waals surface area (Å²) in [5.74, 6) is 0. The topological polar surface area (TPSA) is 52.0 Å². The van der Waals surface area contributed by atoms with E-state index in [1.165, 1.54) is 115 Å². The summed E-state index contributed by atoms with van der Waals surface area (Å²) in [6.45, 7) is 4.41. The number of anilines is 2. The van der Waals surface area contributed by atoms with Gasteiger partial charge in [-0.05, 0) is 120 Å². The van der Waals surface area contributed by atoms with E-state index in [-0.39, 0.29) is 0 Å². The number of rotatable bonds is 18. The van der Waals surface area contributed by atoms with Gasteiger partial charge in [0, 0.05) is 11.4 Å². The van der Waals surface area contributed by atoms with Crippen molar-refractivity contribution in [1.82, 2.24) is 0 Å². The van der Waals surface area contributed by atoms with Crippen LogP contribution in [0.15, 0.2) is 84.9 Å². The molecule has 0 saturated heterocycles. The lowest BCUT2D eigenvalue weighted by Crippen LogP contribution is -1.97. The average Bonchev–Trinajstić information content (AvgIpc) is 3.03. The third-order valence-corrected chi connectivity index (χ3v) is 8.99. The van der Waals surface area contributed by atoms with Crippen molar-refractivity contribution in [3.63, 3.8) is 0 Å². The van der Waals surface area contributed by atoms with E-state index >= 15 is 0 Å². The van der Waals surface area contributed by atoms with Crippen LogP contribution in [-0.4, -0.2) is 0 Å². The molecule has 2 heteroatoms. The number of unbranched alkanes of at least 4 members (excludes halogenated alkanes) is 8. The smallest absolute Gasteiger partial charge is 0.0316 e. The molecule has 0 bridgehead atoms. The zero-order valence-electron chi connectivity index (χ0n) is 26.8. The Morgan fingerprint density at radius 2 is 0.698 bits per heavy atom. The minimum atomic E-state index is 0.862. The molecule has 4 N–H and O–H groups in total. The van der Waals surface area contributed by atoms with Gasteiger partial charge >= 0.3 is 0 Å². The molecule has 0 atom stereocenters. The zero-order chi connectivity index (χ0) is 30.3. The van der Waals surface area contributed by atoms with Crippen LogP contribution in [0.4, 0.5) is 11.4 Å². The van der Waals surface area contributed by atoms with Crippen LogP contribution in [0.2, 0.25) is 0 Å². The monoisotopic (exact) mass is 574 g/mol. The molecule has 43 heavy (non-hydrogen) atoms. The number of hydrogen-bond acceptors (Lipinski definition) is 2. The van der Waals surface area contributed by atoms with Crippen LogP contribution in [0, 0.1) is 0 Å². The Labute approximate surface area is 261 Å². The van der Waals surface area contributed by atoms with Gasteiger partial charge in [0.1, 0.15) is 0 Å². The molecule has 0 aliphatic rings. The predicted molar refractivity (Wildman–Crippen MR) is 188 cm³/mol. The lowest BCUT2D eigenvalue weighted by molar-refractivity contribution is 0.558.